The molecule has 0 saturated heterocycles. The van der Waals surface area contributed by atoms with E-state index in [9.17, 15) is 9.90 Å². The molecule has 0 aromatic carbocycles. The van der Waals surface area contributed by atoms with Crippen LogP contribution in [0.1, 0.15) is 51.4 Å². The summed E-state index contributed by atoms with van der Waals surface area (Å²) in [4.78, 5) is 12.0. The summed E-state index contributed by atoms with van der Waals surface area (Å²) in [6.45, 7) is 0. The van der Waals surface area contributed by atoms with Gasteiger partial charge >= 0.3 is 0 Å². The zero-order valence-electron chi connectivity index (χ0n) is 10.2. The molecule has 2 atom stereocenters. The number of aliphatic hydroxyl groups excluding tert-OH is 1. The van der Waals surface area contributed by atoms with E-state index in [1.807, 2.05) is 0 Å². The van der Waals surface area contributed by atoms with Crippen LogP contribution in [-0.4, -0.2) is 28.7 Å². The summed E-state index contributed by atoms with van der Waals surface area (Å²) in [7, 11) is 0. The zero-order chi connectivity index (χ0) is 11.6. The van der Waals surface area contributed by atoms with Gasteiger partial charge in [0.25, 0.3) is 0 Å². The molecule has 0 aromatic heterocycles. The Balaban J connectivity index is 0.00000144. The lowest BCUT2D eigenvalue weighted by molar-refractivity contribution is -0.128. The lowest BCUT2D eigenvalue weighted by Crippen LogP contribution is -2.57. The highest BCUT2D eigenvalue weighted by atomic mass is 35.5. The first-order valence-electron chi connectivity index (χ1n) is 6.40. The van der Waals surface area contributed by atoms with Gasteiger partial charge in [-0.1, -0.05) is 25.7 Å². The molecule has 0 unspecified atom stereocenters. The second kappa shape index (κ2) is 6.03. The van der Waals surface area contributed by atoms with Crippen LogP contribution in [-0.2, 0) is 4.79 Å². The maximum absolute atomic E-state index is 12.0. The van der Waals surface area contributed by atoms with Crippen molar-refractivity contribution >= 4 is 18.3 Å². The van der Waals surface area contributed by atoms with Gasteiger partial charge in [-0.15, -0.1) is 12.4 Å². The molecule has 2 saturated carbocycles. The van der Waals surface area contributed by atoms with Gasteiger partial charge in [-0.25, -0.2) is 0 Å². The molecule has 0 aliphatic heterocycles. The van der Waals surface area contributed by atoms with Crippen LogP contribution in [0.4, 0.5) is 0 Å². The van der Waals surface area contributed by atoms with Gasteiger partial charge in [0.1, 0.15) is 0 Å². The number of halogens is 1. The summed E-state index contributed by atoms with van der Waals surface area (Å²) in [5, 5.41) is 12.7. The van der Waals surface area contributed by atoms with Gasteiger partial charge in [-0.05, 0) is 25.7 Å². The standard InChI is InChI=1S/C12H22N2O2.ClH/c13-12(7-3-4-8-12)11(16)14-9-5-1-2-6-10(9)15;/h9-10,15H,1-8,13H2,(H,14,16);1H/t9-,10-;/m0./s1. The molecule has 100 valence electrons. The second-order valence-electron chi connectivity index (χ2n) is 5.30. The van der Waals surface area contributed by atoms with Gasteiger partial charge in [0.05, 0.1) is 17.7 Å². The average Bonchev–Trinajstić information content (AvgIpc) is 2.70. The maximum atomic E-state index is 12.0. The largest absolute Gasteiger partial charge is 0.391 e. The summed E-state index contributed by atoms with van der Waals surface area (Å²) < 4.78 is 0. The molecule has 1 amide bonds. The molecule has 5 heteroatoms. The Morgan fingerprint density at radius 2 is 1.76 bits per heavy atom. The van der Waals surface area contributed by atoms with Crippen molar-refractivity contribution in [1.82, 2.24) is 5.32 Å². The van der Waals surface area contributed by atoms with Gasteiger partial charge < -0.3 is 16.2 Å². The first-order valence-corrected chi connectivity index (χ1v) is 6.40. The lowest BCUT2D eigenvalue weighted by atomic mass is 9.90. The first-order chi connectivity index (χ1) is 7.62. The van der Waals surface area contributed by atoms with Crippen molar-refractivity contribution in [3.05, 3.63) is 0 Å². The minimum absolute atomic E-state index is 0. The number of rotatable bonds is 2. The molecule has 17 heavy (non-hydrogen) atoms. The van der Waals surface area contributed by atoms with E-state index in [1.54, 1.807) is 0 Å². The van der Waals surface area contributed by atoms with Crippen molar-refractivity contribution < 1.29 is 9.90 Å². The smallest absolute Gasteiger partial charge is 0.240 e. The molecular weight excluding hydrogens is 240 g/mol. The van der Waals surface area contributed by atoms with Gasteiger partial charge in [-0.3, -0.25) is 4.79 Å². The van der Waals surface area contributed by atoms with Gasteiger partial charge in [0.15, 0.2) is 0 Å². The van der Waals surface area contributed by atoms with Gasteiger partial charge in [-0.2, -0.15) is 0 Å². The van der Waals surface area contributed by atoms with Crippen LogP contribution >= 0.6 is 12.4 Å². The highest BCUT2D eigenvalue weighted by Gasteiger charge is 2.38. The van der Waals surface area contributed by atoms with Crippen molar-refractivity contribution in [2.45, 2.75) is 69.1 Å². The molecule has 0 spiro atoms. The maximum Gasteiger partial charge on any atom is 0.240 e. The average molecular weight is 263 g/mol. The molecule has 4 nitrogen and oxygen atoms in total. The van der Waals surface area contributed by atoms with Crippen molar-refractivity contribution in [3.8, 4) is 0 Å². The normalized spacial score (nSPS) is 31.6. The molecule has 2 aliphatic carbocycles. The fourth-order valence-corrected chi connectivity index (χ4v) is 2.82. The molecule has 2 aliphatic rings. The molecule has 0 aromatic rings. The van der Waals surface area contributed by atoms with E-state index >= 15 is 0 Å². The van der Waals surface area contributed by atoms with Crippen molar-refractivity contribution in [2.75, 3.05) is 0 Å². The molecule has 0 bridgehead atoms. The number of carbonyl (C=O) groups is 1. The highest BCUT2D eigenvalue weighted by Crippen LogP contribution is 2.28. The Kier molecular flexibility index (Phi) is 5.22. The number of nitrogens with one attached hydrogen (secondary N) is 1. The minimum Gasteiger partial charge on any atom is -0.391 e. The quantitative estimate of drug-likeness (QED) is 0.698. The summed E-state index contributed by atoms with van der Waals surface area (Å²) in [5.41, 5.74) is 5.40. The fourth-order valence-electron chi connectivity index (χ4n) is 2.82. The van der Waals surface area contributed by atoms with E-state index in [2.05, 4.69) is 5.32 Å². The van der Waals surface area contributed by atoms with Crippen molar-refractivity contribution in [1.29, 1.82) is 0 Å². The van der Waals surface area contributed by atoms with Crippen LogP contribution in [0, 0.1) is 0 Å². The Morgan fingerprint density at radius 3 is 2.35 bits per heavy atom. The highest BCUT2D eigenvalue weighted by molar-refractivity contribution is 5.86. The van der Waals surface area contributed by atoms with Gasteiger partial charge in [0, 0.05) is 0 Å². The first kappa shape index (κ1) is 14.7. The van der Waals surface area contributed by atoms with Crippen LogP contribution in [0.15, 0.2) is 0 Å². The summed E-state index contributed by atoms with van der Waals surface area (Å²) in [5.74, 6) is -0.0593. The van der Waals surface area contributed by atoms with Crippen LogP contribution in [0.25, 0.3) is 0 Å². The number of hydrogen-bond acceptors (Lipinski definition) is 3. The number of hydrogen-bond donors (Lipinski definition) is 3. The van der Waals surface area contributed by atoms with E-state index in [1.165, 1.54) is 0 Å². The molecule has 0 radical (unpaired) electrons. The number of aliphatic hydroxyl groups is 1. The summed E-state index contributed by atoms with van der Waals surface area (Å²) in [6.07, 6.45) is 7.06. The molecular formula is C12H23ClN2O2. The fraction of sp³-hybridized carbons (Fsp3) is 0.917. The van der Waals surface area contributed by atoms with Crippen LogP contribution < -0.4 is 11.1 Å². The summed E-state index contributed by atoms with van der Waals surface area (Å²) >= 11 is 0. The van der Waals surface area contributed by atoms with Crippen molar-refractivity contribution in [2.24, 2.45) is 5.73 Å². The lowest BCUT2D eigenvalue weighted by Gasteiger charge is -2.32. The monoisotopic (exact) mass is 262 g/mol. The van der Waals surface area contributed by atoms with Crippen molar-refractivity contribution in [3.63, 3.8) is 0 Å². The third kappa shape index (κ3) is 3.33. The third-order valence-corrected chi connectivity index (χ3v) is 3.99. The van der Waals surface area contributed by atoms with E-state index in [0.29, 0.717) is 0 Å². The Hall–Kier alpha value is -0.320. The van der Waals surface area contributed by atoms with Crippen LogP contribution in [0.3, 0.4) is 0 Å². The van der Waals surface area contributed by atoms with E-state index in [4.69, 9.17) is 5.73 Å². The van der Waals surface area contributed by atoms with E-state index in [0.717, 1.165) is 51.4 Å². The summed E-state index contributed by atoms with van der Waals surface area (Å²) in [6, 6.07) is -0.0812. The minimum atomic E-state index is -0.669. The second-order valence-corrected chi connectivity index (χ2v) is 5.30. The molecule has 2 rings (SSSR count). The van der Waals surface area contributed by atoms with E-state index in [-0.39, 0.29) is 30.5 Å². The Labute approximate surface area is 109 Å². The van der Waals surface area contributed by atoms with Crippen LogP contribution in [0.2, 0.25) is 0 Å². The topological polar surface area (TPSA) is 75.4 Å². The third-order valence-electron chi connectivity index (χ3n) is 3.99. The predicted molar refractivity (Wildman–Crippen MR) is 69.0 cm³/mol. The molecule has 2 fully saturated rings. The number of carbonyl (C=O) groups excluding carboxylic acids is 1. The molecule has 4 N–H and O–H groups in total. The SMILES string of the molecule is Cl.NC1(C(=O)N[C@H]2CCCC[C@@H]2O)CCCC1. The van der Waals surface area contributed by atoms with Crippen LogP contribution in [0.5, 0.6) is 0 Å². The zero-order valence-corrected chi connectivity index (χ0v) is 11.0. The predicted octanol–water partition coefficient (Wildman–Crippen LogP) is 1.10. The number of amides is 1. The Morgan fingerprint density at radius 1 is 1.18 bits per heavy atom. The Bertz CT molecular complexity index is 267. The van der Waals surface area contributed by atoms with Gasteiger partial charge in [0.2, 0.25) is 5.91 Å². The van der Waals surface area contributed by atoms with E-state index < -0.39 is 5.54 Å². The molecule has 0 heterocycles. The number of nitrogens with two attached hydrogens (primary N) is 1.